The summed E-state index contributed by atoms with van der Waals surface area (Å²) < 4.78 is 19.5. The van der Waals surface area contributed by atoms with Crippen LogP contribution in [0.2, 0.25) is 5.02 Å². The molecule has 1 fully saturated rings. The van der Waals surface area contributed by atoms with E-state index in [-0.39, 0.29) is 11.8 Å². The summed E-state index contributed by atoms with van der Waals surface area (Å²) in [5, 5.41) is 14.3. The van der Waals surface area contributed by atoms with Gasteiger partial charge in [0.1, 0.15) is 17.2 Å². The number of pyridine rings is 1. The van der Waals surface area contributed by atoms with Crippen LogP contribution in [0.5, 0.6) is 5.75 Å². The number of fused-ring (bicyclic) bond motifs is 1. The number of amides is 1. The Hall–Kier alpha value is -3.06. The van der Waals surface area contributed by atoms with Crippen molar-refractivity contribution < 1.29 is 19.0 Å². The number of ether oxygens (including phenoxy) is 1. The second-order valence-electron chi connectivity index (χ2n) is 9.29. The van der Waals surface area contributed by atoms with Crippen molar-refractivity contribution in [3.63, 3.8) is 0 Å². The Morgan fingerprint density at radius 1 is 1.21 bits per heavy atom. The molecule has 6 nitrogen and oxygen atoms in total. The minimum atomic E-state index is -0.550. The second-order valence-corrected chi connectivity index (χ2v) is 9.72. The lowest BCUT2D eigenvalue weighted by atomic mass is 9.98. The van der Waals surface area contributed by atoms with Crippen molar-refractivity contribution in [1.29, 1.82) is 0 Å². The Morgan fingerprint density at radius 3 is 2.61 bits per heavy atom. The van der Waals surface area contributed by atoms with Gasteiger partial charge in [-0.1, -0.05) is 11.6 Å². The van der Waals surface area contributed by atoms with Crippen LogP contribution in [-0.2, 0) is 4.74 Å². The molecular weight excluding hydrogens is 445 g/mol. The van der Waals surface area contributed by atoms with Crippen LogP contribution in [0, 0.1) is 5.82 Å². The minimum absolute atomic E-state index is 0.00514. The zero-order chi connectivity index (χ0) is 23.8. The van der Waals surface area contributed by atoms with Crippen LogP contribution in [0.4, 0.5) is 14.9 Å². The number of anilines is 1. The van der Waals surface area contributed by atoms with Gasteiger partial charge in [-0.15, -0.1) is 0 Å². The second kappa shape index (κ2) is 9.06. The maximum atomic E-state index is 14.1. The third-order valence-electron chi connectivity index (χ3n) is 5.53. The van der Waals surface area contributed by atoms with E-state index in [4.69, 9.17) is 16.3 Å². The highest BCUT2D eigenvalue weighted by Gasteiger charge is 2.26. The molecule has 1 saturated heterocycles. The van der Waals surface area contributed by atoms with Gasteiger partial charge >= 0.3 is 6.09 Å². The van der Waals surface area contributed by atoms with Crippen molar-refractivity contribution in [3.05, 3.63) is 53.4 Å². The first-order chi connectivity index (χ1) is 15.6. The molecule has 174 valence electrons. The standard InChI is InChI=1S/C25H27ClFN3O3/c1-25(2,3)33-24(32)29-18-6-8-30(9-7-18)23-20-12-16(26)4-5-22(20)28-14-21(23)15-10-17(27)13-19(31)11-15/h4-5,10-14,18,31H,6-9H2,1-3H3,(H,29,32). The number of carbonyl (C=O) groups excluding carboxylic acids is 1. The average Bonchev–Trinajstić information content (AvgIpc) is 2.71. The van der Waals surface area contributed by atoms with Crippen molar-refractivity contribution in [2.45, 2.75) is 45.3 Å². The van der Waals surface area contributed by atoms with Crippen molar-refractivity contribution in [2.75, 3.05) is 18.0 Å². The molecule has 0 saturated carbocycles. The van der Waals surface area contributed by atoms with Gasteiger partial charge in [0.05, 0.1) is 11.2 Å². The van der Waals surface area contributed by atoms with Gasteiger partial charge in [-0.2, -0.15) is 0 Å². The molecule has 1 aromatic heterocycles. The number of halogens is 2. The van der Waals surface area contributed by atoms with E-state index in [0.717, 1.165) is 35.5 Å². The van der Waals surface area contributed by atoms with Crippen LogP contribution >= 0.6 is 11.6 Å². The van der Waals surface area contributed by atoms with E-state index in [0.29, 0.717) is 29.2 Å². The Labute approximate surface area is 197 Å². The van der Waals surface area contributed by atoms with Gasteiger partial charge in [0, 0.05) is 47.4 Å². The van der Waals surface area contributed by atoms with E-state index >= 15 is 0 Å². The monoisotopic (exact) mass is 471 g/mol. The minimum Gasteiger partial charge on any atom is -0.508 e. The van der Waals surface area contributed by atoms with Gasteiger partial charge < -0.3 is 20.1 Å². The van der Waals surface area contributed by atoms with E-state index in [9.17, 15) is 14.3 Å². The quantitative estimate of drug-likeness (QED) is 0.498. The van der Waals surface area contributed by atoms with Gasteiger partial charge in [0.25, 0.3) is 0 Å². The van der Waals surface area contributed by atoms with Gasteiger partial charge in [-0.25, -0.2) is 9.18 Å². The number of hydrogen-bond donors (Lipinski definition) is 2. The fourth-order valence-corrected chi connectivity index (χ4v) is 4.33. The number of aromatic nitrogens is 1. The Kier molecular flexibility index (Phi) is 6.34. The zero-order valence-electron chi connectivity index (χ0n) is 18.9. The topological polar surface area (TPSA) is 74.7 Å². The third kappa shape index (κ3) is 5.47. The summed E-state index contributed by atoms with van der Waals surface area (Å²) in [6, 6.07) is 9.46. The van der Waals surface area contributed by atoms with Gasteiger partial charge in [0.2, 0.25) is 0 Å². The number of nitrogens with zero attached hydrogens (tertiary/aromatic N) is 2. The van der Waals surface area contributed by atoms with Gasteiger partial charge in [0.15, 0.2) is 0 Å². The first-order valence-electron chi connectivity index (χ1n) is 10.9. The van der Waals surface area contributed by atoms with Crippen LogP contribution in [0.15, 0.2) is 42.6 Å². The molecule has 3 aromatic rings. The summed E-state index contributed by atoms with van der Waals surface area (Å²) in [7, 11) is 0. The Balaban J connectivity index is 1.65. The molecule has 0 spiro atoms. The van der Waals surface area contributed by atoms with Crippen LogP contribution < -0.4 is 10.2 Å². The number of alkyl carbamates (subject to hydrolysis) is 1. The van der Waals surface area contributed by atoms with E-state index in [1.54, 1.807) is 12.3 Å². The number of benzene rings is 2. The maximum Gasteiger partial charge on any atom is 0.407 e. The molecule has 0 aliphatic carbocycles. The molecule has 0 atom stereocenters. The van der Waals surface area contributed by atoms with E-state index < -0.39 is 17.5 Å². The van der Waals surface area contributed by atoms with Crippen molar-refractivity contribution in [1.82, 2.24) is 10.3 Å². The Bertz CT molecular complexity index is 1170. The first kappa shape index (κ1) is 23.1. The molecule has 8 heteroatoms. The molecular formula is C25H27ClFN3O3. The number of carbonyl (C=O) groups is 1. The summed E-state index contributed by atoms with van der Waals surface area (Å²) in [5.41, 5.74) is 2.34. The number of phenols is 1. The molecule has 33 heavy (non-hydrogen) atoms. The lowest BCUT2D eigenvalue weighted by Gasteiger charge is -2.36. The predicted molar refractivity (Wildman–Crippen MR) is 128 cm³/mol. The van der Waals surface area contributed by atoms with Gasteiger partial charge in [-0.05, 0) is 69.5 Å². The number of rotatable bonds is 3. The molecule has 1 amide bonds. The number of aromatic hydroxyl groups is 1. The highest BCUT2D eigenvalue weighted by molar-refractivity contribution is 6.31. The molecule has 4 rings (SSSR count). The zero-order valence-corrected chi connectivity index (χ0v) is 19.6. The fourth-order valence-electron chi connectivity index (χ4n) is 4.15. The normalized spacial score (nSPS) is 15.0. The lowest BCUT2D eigenvalue weighted by Crippen LogP contribution is -2.46. The molecule has 1 aliphatic rings. The number of piperidine rings is 1. The largest absolute Gasteiger partial charge is 0.508 e. The van der Waals surface area contributed by atoms with Crippen molar-refractivity contribution in [3.8, 4) is 16.9 Å². The molecule has 0 radical (unpaired) electrons. The molecule has 0 unspecified atom stereocenters. The van der Waals surface area contributed by atoms with Crippen molar-refractivity contribution >= 4 is 34.3 Å². The summed E-state index contributed by atoms with van der Waals surface area (Å²) in [4.78, 5) is 18.9. The summed E-state index contributed by atoms with van der Waals surface area (Å²) in [6.07, 6.45) is 2.72. The smallest absolute Gasteiger partial charge is 0.407 e. The molecule has 2 aromatic carbocycles. The molecule has 2 heterocycles. The van der Waals surface area contributed by atoms with E-state index in [1.165, 1.54) is 12.1 Å². The van der Waals surface area contributed by atoms with E-state index in [1.807, 2.05) is 32.9 Å². The fraction of sp³-hybridized carbons (Fsp3) is 0.360. The van der Waals surface area contributed by atoms with Crippen LogP contribution in [-0.4, -0.2) is 40.9 Å². The molecule has 1 aliphatic heterocycles. The molecule has 0 bridgehead atoms. The van der Waals surface area contributed by atoms with Gasteiger partial charge in [-0.3, -0.25) is 4.98 Å². The highest BCUT2D eigenvalue weighted by Crippen LogP contribution is 2.39. The lowest BCUT2D eigenvalue weighted by molar-refractivity contribution is 0.0497. The summed E-state index contributed by atoms with van der Waals surface area (Å²) in [6.45, 7) is 6.84. The number of hydrogen-bond acceptors (Lipinski definition) is 5. The van der Waals surface area contributed by atoms with Crippen LogP contribution in [0.3, 0.4) is 0 Å². The number of phenolic OH excluding ortho intramolecular Hbond substituents is 1. The SMILES string of the molecule is CC(C)(C)OC(=O)NC1CCN(c2c(-c3cc(O)cc(F)c3)cnc3ccc(Cl)cc23)CC1. The average molecular weight is 472 g/mol. The summed E-state index contributed by atoms with van der Waals surface area (Å²) >= 11 is 6.30. The Morgan fingerprint density at radius 2 is 1.94 bits per heavy atom. The van der Waals surface area contributed by atoms with Crippen LogP contribution in [0.1, 0.15) is 33.6 Å². The number of nitrogens with one attached hydrogen (secondary N) is 1. The predicted octanol–water partition coefficient (Wildman–Crippen LogP) is 5.89. The molecule has 2 N–H and O–H groups in total. The maximum absolute atomic E-state index is 14.1. The van der Waals surface area contributed by atoms with Crippen LogP contribution in [0.25, 0.3) is 22.0 Å². The summed E-state index contributed by atoms with van der Waals surface area (Å²) in [5.74, 6) is -0.676. The first-order valence-corrected chi connectivity index (χ1v) is 11.3. The van der Waals surface area contributed by atoms with E-state index in [2.05, 4.69) is 15.2 Å². The third-order valence-corrected chi connectivity index (χ3v) is 5.76. The highest BCUT2D eigenvalue weighted by atomic mass is 35.5. The van der Waals surface area contributed by atoms with Crippen molar-refractivity contribution in [2.24, 2.45) is 0 Å².